The van der Waals surface area contributed by atoms with Crippen molar-refractivity contribution in [2.24, 2.45) is 0 Å². The Morgan fingerprint density at radius 3 is 2.06 bits per heavy atom. The SMILES string of the molecule is O=C(O)c1ccc(-c2csc(C(=O)O)c2)cc1. The van der Waals surface area contributed by atoms with E-state index in [1.807, 2.05) is 0 Å². The van der Waals surface area contributed by atoms with Gasteiger partial charge < -0.3 is 10.2 Å². The number of carboxylic acid groups (broad SMARTS) is 2. The maximum atomic E-state index is 10.7. The number of hydrogen-bond acceptors (Lipinski definition) is 3. The highest BCUT2D eigenvalue weighted by Gasteiger charge is 2.08. The third kappa shape index (κ3) is 2.34. The number of thiophene rings is 1. The molecule has 0 aliphatic heterocycles. The van der Waals surface area contributed by atoms with E-state index < -0.39 is 11.9 Å². The van der Waals surface area contributed by atoms with Gasteiger partial charge in [-0.05, 0) is 34.7 Å². The summed E-state index contributed by atoms with van der Waals surface area (Å²) < 4.78 is 0. The van der Waals surface area contributed by atoms with Crippen LogP contribution in [-0.4, -0.2) is 22.2 Å². The van der Waals surface area contributed by atoms with E-state index in [0.29, 0.717) is 0 Å². The van der Waals surface area contributed by atoms with E-state index in [1.54, 1.807) is 23.6 Å². The second-order valence-corrected chi connectivity index (χ2v) is 4.30. The number of carbonyl (C=O) groups is 2. The van der Waals surface area contributed by atoms with Crippen LogP contribution in [0, 0.1) is 0 Å². The highest BCUT2D eigenvalue weighted by Crippen LogP contribution is 2.25. The predicted molar refractivity (Wildman–Crippen MR) is 63.7 cm³/mol. The fourth-order valence-corrected chi connectivity index (χ4v) is 2.16. The maximum Gasteiger partial charge on any atom is 0.345 e. The molecule has 0 saturated heterocycles. The molecule has 2 N–H and O–H groups in total. The zero-order valence-corrected chi connectivity index (χ0v) is 9.40. The summed E-state index contributed by atoms with van der Waals surface area (Å²) in [5.41, 5.74) is 1.80. The molecule has 0 aliphatic rings. The van der Waals surface area contributed by atoms with Gasteiger partial charge >= 0.3 is 11.9 Å². The van der Waals surface area contributed by atoms with Gasteiger partial charge in [-0.15, -0.1) is 11.3 Å². The smallest absolute Gasteiger partial charge is 0.345 e. The molecular formula is C12H8O4S. The van der Waals surface area contributed by atoms with Gasteiger partial charge in [0.15, 0.2) is 0 Å². The first-order chi connectivity index (χ1) is 8.08. The van der Waals surface area contributed by atoms with Crippen LogP contribution in [0.4, 0.5) is 0 Å². The summed E-state index contributed by atoms with van der Waals surface area (Å²) in [5.74, 6) is -1.93. The minimum Gasteiger partial charge on any atom is -0.478 e. The van der Waals surface area contributed by atoms with Gasteiger partial charge in [-0.1, -0.05) is 12.1 Å². The number of carboxylic acids is 2. The van der Waals surface area contributed by atoms with E-state index in [9.17, 15) is 9.59 Å². The second-order valence-electron chi connectivity index (χ2n) is 3.39. The van der Waals surface area contributed by atoms with E-state index >= 15 is 0 Å². The summed E-state index contributed by atoms with van der Waals surface area (Å²) in [6.07, 6.45) is 0. The molecule has 0 atom stereocenters. The quantitative estimate of drug-likeness (QED) is 0.875. The summed E-state index contributed by atoms with van der Waals surface area (Å²) in [6, 6.07) is 7.89. The van der Waals surface area contributed by atoms with Gasteiger partial charge in [0, 0.05) is 0 Å². The minimum atomic E-state index is -0.979. The van der Waals surface area contributed by atoms with Crippen molar-refractivity contribution in [3.63, 3.8) is 0 Å². The molecule has 0 spiro atoms. The van der Waals surface area contributed by atoms with Gasteiger partial charge in [0.25, 0.3) is 0 Å². The molecule has 1 heterocycles. The molecule has 5 heteroatoms. The molecule has 17 heavy (non-hydrogen) atoms. The molecule has 0 amide bonds. The van der Waals surface area contributed by atoms with Gasteiger partial charge in [0.1, 0.15) is 4.88 Å². The van der Waals surface area contributed by atoms with Crippen molar-refractivity contribution >= 4 is 23.3 Å². The average molecular weight is 248 g/mol. The molecule has 0 aliphatic carbocycles. The Bertz CT molecular complexity index is 568. The lowest BCUT2D eigenvalue weighted by Crippen LogP contribution is -1.94. The van der Waals surface area contributed by atoms with Crippen molar-refractivity contribution < 1.29 is 19.8 Å². The van der Waals surface area contributed by atoms with Gasteiger partial charge in [0.2, 0.25) is 0 Å². The van der Waals surface area contributed by atoms with Crippen LogP contribution in [0.15, 0.2) is 35.7 Å². The largest absolute Gasteiger partial charge is 0.478 e. The Hall–Kier alpha value is -2.14. The summed E-state index contributed by atoms with van der Waals surface area (Å²) in [5, 5.41) is 19.3. The molecule has 0 bridgehead atoms. The molecule has 86 valence electrons. The van der Waals surface area contributed by atoms with Crippen LogP contribution in [0.5, 0.6) is 0 Å². The monoisotopic (exact) mass is 248 g/mol. The zero-order valence-electron chi connectivity index (χ0n) is 8.58. The van der Waals surface area contributed by atoms with Crippen molar-refractivity contribution in [3.05, 3.63) is 46.2 Å². The number of rotatable bonds is 3. The summed E-state index contributed by atoms with van der Waals surface area (Å²) in [4.78, 5) is 21.7. The van der Waals surface area contributed by atoms with Crippen LogP contribution < -0.4 is 0 Å². The molecule has 4 nitrogen and oxygen atoms in total. The zero-order chi connectivity index (χ0) is 12.4. The molecular weight excluding hydrogens is 240 g/mol. The summed E-state index contributed by atoms with van der Waals surface area (Å²) >= 11 is 1.15. The van der Waals surface area contributed by atoms with E-state index in [-0.39, 0.29) is 10.4 Å². The van der Waals surface area contributed by atoms with Gasteiger partial charge in [0.05, 0.1) is 5.56 Å². The van der Waals surface area contributed by atoms with Crippen LogP contribution in [0.1, 0.15) is 20.0 Å². The van der Waals surface area contributed by atoms with E-state index in [4.69, 9.17) is 10.2 Å². The first-order valence-electron chi connectivity index (χ1n) is 4.73. The Labute approximate surface area is 101 Å². The van der Waals surface area contributed by atoms with Gasteiger partial charge in [-0.3, -0.25) is 0 Å². The first kappa shape index (κ1) is 11.3. The highest BCUT2D eigenvalue weighted by molar-refractivity contribution is 7.12. The predicted octanol–water partition coefficient (Wildman–Crippen LogP) is 2.81. The topological polar surface area (TPSA) is 74.6 Å². The second kappa shape index (κ2) is 4.39. The van der Waals surface area contributed by atoms with Crippen molar-refractivity contribution in [2.45, 2.75) is 0 Å². The summed E-state index contributed by atoms with van der Waals surface area (Å²) in [7, 11) is 0. The Kier molecular flexibility index (Phi) is 2.93. The third-order valence-corrected chi connectivity index (χ3v) is 3.19. The van der Waals surface area contributed by atoms with E-state index in [2.05, 4.69) is 0 Å². The lowest BCUT2D eigenvalue weighted by Gasteiger charge is -1.98. The van der Waals surface area contributed by atoms with Crippen molar-refractivity contribution in [1.82, 2.24) is 0 Å². The van der Waals surface area contributed by atoms with Crippen molar-refractivity contribution in [2.75, 3.05) is 0 Å². The first-order valence-corrected chi connectivity index (χ1v) is 5.61. The third-order valence-electron chi connectivity index (χ3n) is 2.28. The summed E-state index contributed by atoms with van der Waals surface area (Å²) in [6.45, 7) is 0. The normalized spacial score (nSPS) is 10.1. The standard InChI is InChI=1S/C12H8O4S/c13-11(14)8-3-1-7(2-4-8)9-5-10(12(15)16)17-6-9/h1-6H,(H,13,14)(H,15,16). The van der Waals surface area contributed by atoms with E-state index in [0.717, 1.165) is 22.5 Å². The van der Waals surface area contributed by atoms with Crippen molar-refractivity contribution in [3.8, 4) is 11.1 Å². The van der Waals surface area contributed by atoms with E-state index in [1.165, 1.54) is 12.1 Å². The van der Waals surface area contributed by atoms with Crippen LogP contribution in [0.25, 0.3) is 11.1 Å². The van der Waals surface area contributed by atoms with Gasteiger partial charge in [-0.25, -0.2) is 9.59 Å². The van der Waals surface area contributed by atoms with Crippen molar-refractivity contribution in [1.29, 1.82) is 0 Å². The number of hydrogen-bond donors (Lipinski definition) is 2. The van der Waals surface area contributed by atoms with Crippen LogP contribution in [-0.2, 0) is 0 Å². The highest BCUT2D eigenvalue weighted by atomic mass is 32.1. The molecule has 2 aromatic rings. The lowest BCUT2D eigenvalue weighted by molar-refractivity contribution is 0.0688. The number of aromatic carboxylic acids is 2. The molecule has 0 unspecified atom stereocenters. The molecule has 2 rings (SSSR count). The maximum absolute atomic E-state index is 10.7. The van der Waals surface area contributed by atoms with Gasteiger partial charge in [-0.2, -0.15) is 0 Å². The molecule has 0 saturated carbocycles. The van der Waals surface area contributed by atoms with Crippen LogP contribution >= 0.6 is 11.3 Å². The molecule has 1 aromatic carbocycles. The molecule has 0 fully saturated rings. The fraction of sp³-hybridized carbons (Fsp3) is 0. The fourth-order valence-electron chi connectivity index (χ4n) is 1.41. The number of benzene rings is 1. The Balaban J connectivity index is 2.33. The minimum absolute atomic E-state index is 0.211. The lowest BCUT2D eigenvalue weighted by atomic mass is 10.1. The average Bonchev–Trinajstić information content (AvgIpc) is 2.78. The Morgan fingerprint density at radius 1 is 0.941 bits per heavy atom. The van der Waals surface area contributed by atoms with Crippen LogP contribution in [0.3, 0.4) is 0 Å². The molecule has 0 radical (unpaired) electrons. The van der Waals surface area contributed by atoms with Crippen LogP contribution in [0.2, 0.25) is 0 Å². The Morgan fingerprint density at radius 2 is 1.59 bits per heavy atom. The molecule has 1 aromatic heterocycles.